The minimum Gasteiger partial charge on any atom is -0.456 e. The van der Waals surface area contributed by atoms with Crippen molar-refractivity contribution in [2.24, 2.45) is 0 Å². The lowest BCUT2D eigenvalue weighted by Gasteiger charge is -2.02. The molecule has 0 bridgehead atoms. The molecular weight excluding hydrogens is 308 g/mol. The highest BCUT2D eigenvalue weighted by Gasteiger charge is 2.14. The maximum Gasteiger partial charge on any atom is 0.374 e. The van der Waals surface area contributed by atoms with E-state index < -0.39 is 5.97 Å². The van der Waals surface area contributed by atoms with Crippen LogP contribution in [0.1, 0.15) is 16.1 Å². The minimum atomic E-state index is -0.491. The second kappa shape index (κ2) is 5.89. The molecule has 0 radical (unpaired) electrons. The highest BCUT2D eigenvalue weighted by Crippen LogP contribution is 2.30. The molecule has 1 heterocycles. The van der Waals surface area contributed by atoms with E-state index in [1.165, 1.54) is 6.08 Å². The van der Waals surface area contributed by atoms with Crippen LogP contribution in [0.2, 0.25) is 0 Å². The molecule has 2 aromatic rings. The van der Waals surface area contributed by atoms with Crippen LogP contribution in [0, 0.1) is 6.92 Å². The number of aryl methyl sites for hydroxylation is 1. The number of furan rings is 1. The zero-order valence-electron chi connectivity index (χ0n) is 10.5. The molecular formula is C15H13BrO3. The van der Waals surface area contributed by atoms with Crippen LogP contribution in [-0.4, -0.2) is 12.6 Å². The van der Waals surface area contributed by atoms with Crippen molar-refractivity contribution >= 4 is 21.9 Å². The van der Waals surface area contributed by atoms with E-state index in [4.69, 9.17) is 9.15 Å². The van der Waals surface area contributed by atoms with Crippen molar-refractivity contribution in [1.82, 2.24) is 0 Å². The third-order valence-corrected chi connectivity index (χ3v) is 3.19. The van der Waals surface area contributed by atoms with E-state index in [-0.39, 0.29) is 12.4 Å². The summed E-state index contributed by atoms with van der Waals surface area (Å²) in [6.45, 7) is 5.66. The fraction of sp³-hybridized carbons (Fsp3) is 0.133. The summed E-state index contributed by atoms with van der Waals surface area (Å²) >= 11 is 3.48. The number of rotatable bonds is 4. The first-order chi connectivity index (χ1) is 9.11. The van der Waals surface area contributed by atoms with Gasteiger partial charge in [0.05, 0.1) is 0 Å². The average Bonchev–Trinajstić information content (AvgIpc) is 2.85. The third-order valence-electron chi connectivity index (χ3n) is 2.53. The van der Waals surface area contributed by atoms with Crippen molar-refractivity contribution in [2.75, 3.05) is 6.61 Å². The molecule has 1 aromatic heterocycles. The topological polar surface area (TPSA) is 39.4 Å². The minimum absolute atomic E-state index is 0.170. The summed E-state index contributed by atoms with van der Waals surface area (Å²) in [4.78, 5) is 11.6. The number of esters is 1. The first-order valence-corrected chi connectivity index (χ1v) is 6.55. The second-order valence-electron chi connectivity index (χ2n) is 4.03. The van der Waals surface area contributed by atoms with Gasteiger partial charge in [-0.15, -0.1) is 0 Å². The molecule has 98 valence electrons. The fourth-order valence-electron chi connectivity index (χ4n) is 1.62. The van der Waals surface area contributed by atoms with Gasteiger partial charge in [0.15, 0.2) is 0 Å². The van der Waals surface area contributed by atoms with Crippen molar-refractivity contribution in [3.63, 3.8) is 0 Å². The Morgan fingerprint density at radius 3 is 2.89 bits per heavy atom. The van der Waals surface area contributed by atoms with Crippen LogP contribution >= 0.6 is 15.9 Å². The van der Waals surface area contributed by atoms with Crippen molar-refractivity contribution in [3.05, 3.63) is 58.8 Å². The highest BCUT2D eigenvalue weighted by atomic mass is 79.9. The molecule has 0 saturated heterocycles. The van der Waals surface area contributed by atoms with E-state index in [1.807, 2.05) is 25.1 Å². The van der Waals surface area contributed by atoms with Gasteiger partial charge in [0.1, 0.15) is 12.4 Å². The molecule has 4 heteroatoms. The van der Waals surface area contributed by atoms with E-state index in [9.17, 15) is 4.79 Å². The van der Waals surface area contributed by atoms with Crippen LogP contribution in [0.25, 0.3) is 11.3 Å². The normalized spacial score (nSPS) is 10.2. The van der Waals surface area contributed by atoms with Crippen molar-refractivity contribution in [1.29, 1.82) is 0 Å². The summed E-state index contributed by atoms with van der Waals surface area (Å²) in [5.41, 5.74) is 2.04. The van der Waals surface area contributed by atoms with Gasteiger partial charge in [-0.05, 0) is 36.8 Å². The Kier molecular flexibility index (Phi) is 4.22. The quantitative estimate of drug-likeness (QED) is 0.620. The Balaban J connectivity index is 2.25. The molecule has 0 aliphatic rings. The maximum atomic E-state index is 11.6. The second-order valence-corrected chi connectivity index (χ2v) is 4.89. The number of halogens is 1. The van der Waals surface area contributed by atoms with E-state index in [0.29, 0.717) is 5.76 Å². The third kappa shape index (κ3) is 3.15. The smallest absolute Gasteiger partial charge is 0.374 e. The molecule has 0 aliphatic heterocycles. The Hall–Kier alpha value is -1.81. The van der Waals surface area contributed by atoms with Gasteiger partial charge in [-0.3, -0.25) is 0 Å². The summed E-state index contributed by atoms with van der Waals surface area (Å²) in [5, 5.41) is 0. The van der Waals surface area contributed by atoms with Crippen LogP contribution < -0.4 is 0 Å². The zero-order valence-corrected chi connectivity index (χ0v) is 12.1. The highest BCUT2D eigenvalue weighted by molar-refractivity contribution is 9.10. The van der Waals surface area contributed by atoms with Crippen molar-refractivity contribution in [2.45, 2.75) is 6.92 Å². The molecule has 2 rings (SSSR count). The zero-order chi connectivity index (χ0) is 13.8. The molecule has 0 atom stereocenters. The largest absolute Gasteiger partial charge is 0.456 e. The first kappa shape index (κ1) is 13.6. The van der Waals surface area contributed by atoms with E-state index >= 15 is 0 Å². The lowest BCUT2D eigenvalue weighted by Crippen LogP contribution is -2.03. The van der Waals surface area contributed by atoms with Gasteiger partial charge in [0, 0.05) is 10.0 Å². The van der Waals surface area contributed by atoms with Gasteiger partial charge in [-0.25, -0.2) is 4.79 Å². The Morgan fingerprint density at radius 2 is 2.21 bits per heavy atom. The summed E-state index contributed by atoms with van der Waals surface area (Å²) in [6.07, 6.45) is 1.51. The van der Waals surface area contributed by atoms with Gasteiger partial charge in [0.2, 0.25) is 5.76 Å². The molecule has 0 spiro atoms. The molecule has 0 amide bonds. The molecule has 0 N–H and O–H groups in total. The number of hydrogen-bond acceptors (Lipinski definition) is 3. The molecule has 0 saturated carbocycles. The maximum absolute atomic E-state index is 11.6. The van der Waals surface area contributed by atoms with Gasteiger partial charge in [-0.1, -0.05) is 34.7 Å². The molecule has 0 aliphatic carbocycles. The van der Waals surface area contributed by atoms with Crippen LogP contribution in [0.3, 0.4) is 0 Å². The average molecular weight is 321 g/mol. The number of benzene rings is 1. The van der Waals surface area contributed by atoms with Gasteiger partial charge < -0.3 is 9.15 Å². The van der Waals surface area contributed by atoms with Crippen LogP contribution in [0.4, 0.5) is 0 Å². The van der Waals surface area contributed by atoms with Crippen LogP contribution in [-0.2, 0) is 4.74 Å². The predicted molar refractivity (Wildman–Crippen MR) is 77.1 cm³/mol. The SMILES string of the molecule is C=CCOC(=O)c1ccc(-c2ccc(C)cc2Br)o1. The predicted octanol–water partition coefficient (Wildman–Crippen LogP) is 4.36. The summed E-state index contributed by atoms with van der Waals surface area (Å²) in [5.74, 6) is 0.316. The summed E-state index contributed by atoms with van der Waals surface area (Å²) in [6, 6.07) is 9.27. The number of ether oxygens (including phenoxy) is 1. The monoisotopic (exact) mass is 320 g/mol. The van der Waals surface area contributed by atoms with Crippen molar-refractivity contribution in [3.8, 4) is 11.3 Å². The Bertz CT molecular complexity index is 614. The standard InChI is InChI=1S/C15H13BrO3/c1-3-8-18-15(17)14-7-6-13(19-14)11-5-4-10(2)9-12(11)16/h3-7,9H,1,8H2,2H3. The molecule has 1 aromatic carbocycles. The fourth-order valence-corrected chi connectivity index (χ4v) is 2.31. The molecule has 0 fully saturated rings. The van der Waals surface area contributed by atoms with E-state index in [1.54, 1.807) is 12.1 Å². The Morgan fingerprint density at radius 1 is 1.42 bits per heavy atom. The molecule has 19 heavy (non-hydrogen) atoms. The van der Waals surface area contributed by atoms with E-state index in [0.717, 1.165) is 15.6 Å². The van der Waals surface area contributed by atoms with Crippen LogP contribution in [0.15, 0.2) is 51.9 Å². The molecule has 3 nitrogen and oxygen atoms in total. The molecule has 0 unspecified atom stereocenters. The van der Waals surface area contributed by atoms with Gasteiger partial charge >= 0.3 is 5.97 Å². The van der Waals surface area contributed by atoms with Crippen LogP contribution in [0.5, 0.6) is 0 Å². The van der Waals surface area contributed by atoms with Gasteiger partial charge in [0.25, 0.3) is 0 Å². The number of carbonyl (C=O) groups is 1. The lowest BCUT2D eigenvalue weighted by atomic mass is 10.1. The summed E-state index contributed by atoms with van der Waals surface area (Å²) < 4.78 is 11.3. The number of hydrogen-bond donors (Lipinski definition) is 0. The van der Waals surface area contributed by atoms with Crippen molar-refractivity contribution < 1.29 is 13.9 Å². The number of carbonyl (C=O) groups excluding carboxylic acids is 1. The summed E-state index contributed by atoms with van der Waals surface area (Å²) in [7, 11) is 0. The lowest BCUT2D eigenvalue weighted by molar-refractivity contribution is 0.0514. The van der Waals surface area contributed by atoms with Gasteiger partial charge in [-0.2, -0.15) is 0 Å². The Labute approximate surface area is 120 Å². The first-order valence-electron chi connectivity index (χ1n) is 5.76. The van der Waals surface area contributed by atoms with E-state index in [2.05, 4.69) is 22.5 Å².